The van der Waals surface area contributed by atoms with Crippen LogP contribution in [0, 0.1) is 6.92 Å². The van der Waals surface area contributed by atoms with Gasteiger partial charge in [-0.25, -0.2) is 9.69 Å². The Morgan fingerprint density at radius 3 is 2.47 bits per heavy atom. The third kappa shape index (κ3) is 5.41. The van der Waals surface area contributed by atoms with E-state index in [0.717, 1.165) is 16.0 Å². The molecule has 184 valence electrons. The van der Waals surface area contributed by atoms with E-state index in [2.05, 4.69) is 21.2 Å². The summed E-state index contributed by atoms with van der Waals surface area (Å²) in [5, 5.41) is 11.7. The van der Waals surface area contributed by atoms with Crippen molar-refractivity contribution in [2.45, 2.75) is 20.5 Å². The first-order chi connectivity index (χ1) is 17.3. The van der Waals surface area contributed by atoms with Gasteiger partial charge in [-0.2, -0.15) is 0 Å². The lowest BCUT2D eigenvalue weighted by Crippen LogP contribution is -2.54. The van der Waals surface area contributed by atoms with Crippen LogP contribution in [0.15, 0.2) is 70.7 Å². The van der Waals surface area contributed by atoms with Crippen molar-refractivity contribution >= 4 is 45.5 Å². The smallest absolute Gasteiger partial charge is 0.335 e. The predicted molar refractivity (Wildman–Crippen MR) is 138 cm³/mol. The van der Waals surface area contributed by atoms with Gasteiger partial charge in [-0.1, -0.05) is 29.8 Å². The van der Waals surface area contributed by atoms with Gasteiger partial charge in [-0.3, -0.25) is 14.9 Å². The first-order valence-corrected chi connectivity index (χ1v) is 11.9. The van der Waals surface area contributed by atoms with Crippen molar-refractivity contribution in [2.75, 3.05) is 11.5 Å². The molecule has 0 aromatic heterocycles. The van der Waals surface area contributed by atoms with E-state index in [4.69, 9.17) is 9.47 Å². The zero-order valence-corrected chi connectivity index (χ0v) is 21.2. The fraction of sp³-hybridized carbons (Fsp3) is 0.148. The van der Waals surface area contributed by atoms with E-state index in [1.165, 1.54) is 30.3 Å². The van der Waals surface area contributed by atoms with E-state index >= 15 is 0 Å². The molecule has 1 fully saturated rings. The van der Waals surface area contributed by atoms with Gasteiger partial charge in [0.1, 0.15) is 17.9 Å². The number of phenols is 1. The highest BCUT2D eigenvalue weighted by Gasteiger charge is 2.36. The van der Waals surface area contributed by atoms with E-state index in [1.807, 2.05) is 38.1 Å². The van der Waals surface area contributed by atoms with E-state index in [1.54, 1.807) is 12.1 Å². The highest BCUT2D eigenvalue weighted by atomic mass is 79.9. The second-order valence-electron chi connectivity index (χ2n) is 8.01. The molecule has 0 bridgehead atoms. The van der Waals surface area contributed by atoms with Crippen LogP contribution >= 0.6 is 15.9 Å². The fourth-order valence-electron chi connectivity index (χ4n) is 3.69. The van der Waals surface area contributed by atoms with Gasteiger partial charge >= 0.3 is 6.03 Å². The number of hydrogen-bond donors (Lipinski definition) is 2. The summed E-state index contributed by atoms with van der Waals surface area (Å²) in [5.74, 6) is -0.701. The number of carbonyl (C=O) groups excluding carboxylic acids is 3. The molecule has 1 aliphatic heterocycles. The maximum atomic E-state index is 13.1. The number of ether oxygens (including phenoxy) is 2. The van der Waals surface area contributed by atoms with Crippen LogP contribution in [-0.4, -0.2) is 29.6 Å². The number of hydrogen-bond acceptors (Lipinski definition) is 6. The maximum absolute atomic E-state index is 13.1. The Morgan fingerprint density at radius 1 is 1.03 bits per heavy atom. The molecule has 1 saturated heterocycles. The number of anilines is 1. The third-order valence-electron chi connectivity index (χ3n) is 5.32. The number of amides is 4. The number of rotatable bonds is 7. The Hall–Kier alpha value is -4.11. The molecule has 9 heteroatoms. The maximum Gasteiger partial charge on any atom is 0.335 e. The average molecular weight is 551 g/mol. The van der Waals surface area contributed by atoms with Crippen molar-refractivity contribution in [3.05, 3.63) is 87.4 Å². The van der Waals surface area contributed by atoms with Crippen molar-refractivity contribution in [3.63, 3.8) is 0 Å². The summed E-state index contributed by atoms with van der Waals surface area (Å²) in [6, 6.07) is 16.0. The molecule has 4 amide bonds. The number of phenolic OH excluding ortho intramolecular Hbond substituents is 1. The van der Waals surface area contributed by atoms with Crippen LogP contribution in [0.25, 0.3) is 6.08 Å². The Kier molecular flexibility index (Phi) is 7.40. The van der Waals surface area contributed by atoms with Crippen LogP contribution in [0.2, 0.25) is 0 Å². The fourth-order valence-corrected chi connectivity index (χ4v) is 4.27. The number of aromatic hydroxyl groups is 1. The lowest BCUT2D eigenvalue weighted by molar-refractivity contribution is -0.122. The minimum Gasteiger partial charge on any atom is -0.508 e. The zero-order chi connectivity index (χ0) is 25.8. The molecule has 0 radical (unpaired) electrons. The van der Waals surface area contributed by atoms with Crippen LogP contribution in [0.3, 0.4) is 0 Å². The number of aryl methyl sites for hydroxylation is 1. The van der Waals surface area contributed by atoms with Crippen molar-refractivity contribution in [1.82, 2.24) is 5.32 Å². The summed E-state index contributed by atoms with van der Waals surface area (Å²) in [6.45, 7) is 4.54. The molecule has 2 N–H and O–H groups in total. The first-order valence-electron chi connectivity index (χ1n) is 11.1. The second kappa shape index (κ2) is 10.7. The standard InChI is InChI=1S/C27H23BrN2O6/c1-3-35-23-14-18(13-22(28)24(23)36-15-17-6-4-5-16(2)11-17)12-21-25(32)29-27(34)30(26(21)33)19-7-9-20(31)10-8-19/h4-14,31H,3,15H2,1-2H3,(H,29,32,34)/b21-12+. The van der Waals surface area contributed by atoms with E-state index in [9.17, 15) is 19.5 Å². The van der Waals surface area contributed by atoms with Gasteiger partial charge in [0.25, 0.3) is 11.8 Å². The lowest BCUT2D eigenvalue weighted by Gasteiger charge is -2.26. The molecule has 0 atom stereocenters. The number of nitrogens with zero attached hydrogens (tertiary/aromatic N) is 1. The van der Waals surface area contributed by atoms with Crippen LogP contribution in [-0.2, 0) is 16.2 Å². The van der Waals surface area contributed by atoms with Crippen molar-refractivity contribution in [3.8, 4) is 17.2 Å². The van der Waals surface area contributed by atoms with Crippen LogP contribution in [0.5, 0.6) is 17.2 Å². The molecule has 0 unspecified atom stereocenters. The molecule has 0 saturated carbocycles. The summed E-state index contributed by atoms with van der Waals surface area (Å²) >= 11 is 3.51. The molecular formula is C27H23BrN2O6. The number of barbiturate groups is 1. The van der Waals surface area contributed by atoms with Gasteiger partial charge in [0.2, 0.25) is 0 Å². The second-order valence-corrected chi connectivity index (χ2v) is 8.87. The summed E-state index contributed by atoms with van der Waals surface area (Å²) in [7, 11) is 0. The van der Waals surface area contributed by atoms with Crippen LogP contribution in [0.1, 0.15) is 23.6 Å². The Labute approximate surface area is 216 Å². The number of benzene rings is 3. The average Bonchev–Trinajstić information content (AvgIpc) is 2.82. The Morgan fingerprint density at radius 2 is 1.78 bits per heavy atom. The van der Waals surface area contributed by atoms with Crippen LogP contribution < -0.4 is 19.7 Å². The number of nitrogens with one attached hydrogen (secondary N) is 1. The molecule has 8 nitrogen and oxygen atoms in total. The molecule has 1 heterocycles. The van der Waals surface area contributed by atoms with Crippen molar-refractivity contribution < 1.29 is 29.0 Å². The molecule has 3 aromatic rings. The minimum absolute atomic E-state index is 0.0199. The molecule has 36 heavy (non-hydrogen) atoms. The lowest BCUT2D eigenvalue weighted by atomic mass is 10.1. The number of halogens is 1. The molecular weight excluding hydrogens is 528 g/mol. The Bertz CT molecular complexity index is 1370. The molecule has 4 rings (SSSR count). The van der Waals surface area contributed by atoms with Gasteiger partial charge in [0, 0.05) is 0 Å². The van der Waals surface area contributed by atoms with Crippen molar-refractivity contribution in [2.24, 2.45) is 0 Å². The van der Waals surface area contributed by atoms with Gasteiger partial charge in [-0.15, -0.1) is 0 Å². The highest BCUT2D eigenvalue weighted by molar-refractivity contribution is 9.10. The summed E-state index contributed by atoms with van der Waals surface area (Å²) in [5.41, 5.74) is 2.60. The SMILES string of the molecule is CCOc1cc(/C=C2\C(=O)NC(=O)N(c3ccc(O)cc3)C2=O)cc(Br)c1OCc1cccc(C)c1. The topological polar surface area (TPSA) is 105 Å². The van der Waals surface area contributed by atoms with Gasteiger partial charge in [0.15, 0.2) is 11.5 Å². The zero-order valence-electron chi connectivity index (χ0n) is 19.6. The van der Waals surface area contributed by atoms with E-state index in [0.29, 0.717) is 34.7 Å². The molecule has 0 spiro atoms. The molecule has 1 aliphatic rings. The summed E-state index contributed by atoms with van der Waals surface area (Å²) in [6.07, 6.45) is 1.38. The van der Waals surface area contributed by atoms with E-state index < -0.39 is 17.8 Å². The quantitative estimate of drug-likeness (QED) is 0.313. The first kappa shape index (κ1) is 25.0. The summed E-state index contributed by atoms with van der Waals surface area (Å²) < 4.78 is 12.4. The number of imide groups is 2. The highest BCUT2D eigenvalue weighted by Crippen LogP contribution is 2.38. The third-order valence-corrected chi connectivity index (χ3v) is 5.91. The van der Waals surface area contributed by atoms with Crippen molar-refractivity contribution in [1.29, 1.82) is 0 Å². The minimum atomic E-state index is -0.871. The monoisotopic (exact) mass is 550 g/mol. The van der Waals surface area contributed by atoms with Crippen LogP contribution in [0.4, 0.5) is 10.5 Å². The predicted octanol–water partition coefficient (Wildman–Crippen LogP) is 5.11. The normalized spacial score (nSPS) is 14.7. The van der Waals surface area contributed by atoms with Gasteiger partial charge < -0.3 is 14.6 Å². The number of carbonyl (C=O) groups is 3. The van der Waals surface area contributed by atoms with Gasteiger partial charge in [0.05, 0.1) is 16.8 Å². The van der Waals surface area contributed by atoms with E-state index in [-0.39, 0.29) is 17.0 Å². The van der Waals surface area contributed by atoms with Gasteiger partial charge in [-0.05, 0) is 83.4 Å². The largest absolute Gasteiger partial charge is 0.508 e. The molecule has 3 aromatic carbocycles. The molecule has 0 aliphatic carbocycles. The number of urea groups is 1. The summed E-state index contributed by atoms with van der Waals surface area (Å²) in [4.78, 5) is 38.9. The Balaban J connectivity index is 1.65.